The Labute approximate surface area is 124 Å². The summed E-state index contributed by atoms with van der Waals surface area (Å²) in [4.78, 5) is 14.6. The molecule has 0 spiro atoms. The monoisotopic (exact) mass is 336 g/mol. The normalized spacial score (nSPS) is 10.4. The maximum absolute atomic E-state index is 12.4. The Morgan fingerprint density at radius 2 is 2.32 bits per heavy atom. The van der Waals surface area contributed by atoms with Crippen LogP contribution in [0.4, 0.5) is 5.69 Å². The van der Waals surface area contributed by atoms with Crippen LogP contribution in [-0.4, -0.2) is 23.9 Å². The number of nitrogen functional groups attached to an aromatic ring is 1. The summed E-state index contributed by atoms with van der Waals surface area (Å²) >= 11 is 4.82. The fourth-order valence-corrected chi connectivity index (χ4v) is 3.47. The van der Waals surface area contributed by atoms with Gasteiger partial charge in [0.1, 0.15) is 4.88 Å². The fraction of sp³-hybridized carbons (Fsp3) is 0.214. The molecule has 2 N–H and O–H groups in total. The van der Waals surface area contributed by atoms with Crippen molar-refractivity contribution in [2.75, 3.05) is 18.8 Å². The number of nitrogens with two attached hydrogens (primary N) is 1. The molecule has 1 amide bonds. The summed E-state index contributed by atoms with van der Waals surface area (Å²) in [5.74, 6) is 2.39. The molecular formula is C14H13BrN2OS. The number of halogens is 1. The molecule has 0 aliphatic rings. The van der Waals surface area contributed by atoms with Crippen LogP contribution in [0.5, 0.6) is 0 Å². The molecule has 19 heavy (non-hydrogen) atoms. The average molecular weight is 337 g/mol. The van der Waals surface area contributed by atoms with Crippen LogP contribution >= 0.6 is 27.3 Å². The van der Waals surface area contributed by atoms with Gasteiger partial charge in [-0.25, -0.2) is 0 Å². The molecule has 0 radical (unpaired) electrons. The molecule has 2 aromatic rings. The quantitative estimate of drug-likeness (QED) is 0.873. The molecule has 0 unspecified atom stereocenters. The third-order valence-electron chi connectivity index (χ3n) is 2.84. The fourth-order valence-electron chi connectivity index (χ4n) is 1.83. The zero-order chi connectivity index (χ0) is 14.0. The molecular weight excluding hydrogens is 324 g/mol. The predicted octanol–water partition coefficient (Wildman–Crippen LogP) is 3.34. The van der Waals surface area contributed by atoms with Gasteiger partial charge in [-0.15, -0.1) is 17.8 Å². The van der Waals surface area contributed by atoms with E-state index in [9.17, 15) is 4.79 Å². The Hall–Kier alpha value is -1.51. The third-order valence-corrected chi connectivity index (χ3v) is 4.49. The van der Waals surface area contributed by atoms with E-state index in [-0.39, 0.29) is 5.91 Å². The number of amides is 1. The summed E-state index contributed by atoms with van der Waals surface area (Å²) in [6.45, 7) is 2.77. The number of hydrogen-bond donors (Lipinski definition) is 1. The minimum atomic E-state index is -0.102. The SMILES string of the molecule is C#CCN(CC)C(=O)c1sc2cc(Br)ccc2c1N. The maximum atomic E-state index is 12.4. The van der Waals surface area contributed by atoms with E-state index in [1.807, 2.05) is 25.1 Å². The first-order chi connectivity index (χ1) is 9.08. The highest BCUT2D eigenvalue weighted by atomic mass is 79.9. The first-order valence-corrected chi connectivity index (χ1v) is 7.39. The summed E-state index contributed by atoms with van der Waals surface area (Å²) in [5, 5.41) is 0.910. The van der Waals surface area contributed by atoms with Gasteiger partial charge in [-0.1, -0.05) is 27.9 Å². The van der Waals surface area contributed by atoms with Gasteiger partial charge in [-0.05, 0) is 19.1 Å². The van der Waals surface area contributed by atoms with Crippen molar-refractivity contribution in [3.8, 4) is 12.3 Å². The molecule has 0 aliphatic carbocycles. The third kappa shape index (κ3) is 2.60. The van der Waals surface area contributed by atoms with Crippen molar-refractivity contribution >= 4 is 48.9 Å². The highest BCUT2D eigenvalue weighted by Crippen LogP contribution is 2.35. The lowest BCUT2D eigenvalue weighted by molar-refractivity contribution is 0.0790. The van der Waals surface area contributed by atoms with Crippen molar-refractivity contribution in [2.45, 2.75) is 6.92 Å². The Bertz CT molecular complexity index is 672. The van der Waals surface area contributed by atoms with Crippen LogP contribution in [0.3, 0.4) is 0 Å². The van der Waals surface area contributed by atoms with Crippen molar-refractivity contribution in [3.63, 3.8) is 0 Å². The maximum Gasteiger partial charge on any atom is 0.266 e. The van der Waals surface area contributed by atoms with E-state index in [4.69, 9.17) is 12.2 Å². The van der Waals surface area contributed by atoms with Crippen LogP contribution in [0.1, 0.15) is 16.6 Å². The second kappa shape index (κ2) is 5.64. The van der Waals surface area contributed by atoms with Crippen LogP contribution in [0.25, 0.3) is 10.1 Å². The topological polar surface area (TPSA) is 46.3 Å². The van der Waals surface area contributed by atoms with Gasteiger partial charge in [0.05, 0.1) is 12.2 Å². The second-order valence-corrected chi connectivity index (χ2v) is 5.98. The number of anilines is 1. The Balaban J connectivity index is 2.48. The van der Waals surface area contributed by atoms with Crippen LogP contribution in [0.15, 0.2) is 22.7 Å². The minimum absolute atomic E-state index is 0.102. The molecule has 0 saturated carbocycles. The van der Waals surface area contributed by atoms with Gasteiger partial charge in [0, 0.05) is 21.1 Å². The lowest BCUT2D eigenvalue weighted by atomic mass is 10.2. The number of terminal acetylenes is 1. The lowest BCUT2D eigenvalue weighted by Gasteiger charge is -2.17. The molecule has 98 valence electrons. The molecule has 0 fully saturated rings. The summed E-state index contributed by atoms with van der Waals surface area (Å²) in [5.41, 5.74) is 6.61. The van der Waals surface area contributed by atoms with Crippen molar-refractivity contribution in [1.82, 2.24) is 4.90 Å². The molecule has 2 rings (SSSR count). The van der Waals surface area contributed by atoms with E-state index in [1.165, 1.54) is 11.3 Å². The Kier molecular flexibility index (Phi) is 4.13. The largest absolute Gasteiger partial charge is 0.397 e. The van der Waals surface area contributed by atoms with Gasteiger partial charge in [0.15, 0.2) is 0 Å². The van der Waals surface area contributed by atoms with Crippen molar-refractivity contribution in [1.29, 1.82) is 0 Å². The van der Waals surface area contributed by atoms with Gasteiger partial charge in [0.25, 0.3) is 5.91 Å². The van der Waals surface area contributed by atoms with Crippen molar-refractivity contribution < 1.29 is 4.79 Å². The number of carbonyl (C=O) groups excluding carboxylic acids is 1. The molecule has 1 aromatic heterocycles. The molecule has 0 atom stereocenters. The van der Waals surface area contributed by atoms with E-state index < -0.39 is 0 Å². The molecule has 1 aromatic carbocycles. The Morgan fingerprint density at radius 3 is 2.95 bits per heavy atom. The molecule has 3 nitrogen and oxygen atoms in total. The zero-order valence-corrected chi connectivity index (χ0v) is 12.8. The second-order valence-electron chi connectivity index (χ2n) is 4.01. The minimum Gasteiger partial charge on any atom is -0.397 e. The Morgan fingerprint density at radius 1 is 1.58 bits per heavy atom. The van der Waals surface area contributed by atoms with Crippen LogP contribution in [-0.2, 0) is 0 Å². The first kappa shape index (κ1) is 13.9. The van der Waals surface area contributed by atoms with Gasteiger partial charge < -0.3 is 10.6 Å². The predicted molar refractivity (Wildman–Crippen MR) is 84.3 cm³/mol. The molecule has 0 bridgehead atoms. The smallest absolute Gasteiger partial charge is 0.266 e. The van der Waals surface area contributed by atoms with Gasteiger partial charge in [-0.3, -0.25) is 4.79 Å². The van der Waals surface area contributed by atoms with Gasteiger partial charge >= 0.3 is 0 Å². The number of carbonyl (C=O) groups is 1. The van der Waals surface area contributed by atoms with E-state index in [2.05, 4.69) is 21.9 Å². The summed E-state index contributed by atoms with van der Waals surface area (Å²) in [6.07, 6.45) is 5.28. The summed E-state index contributed by atoms with van der Waals surface area (Å²) in [7, 11) is 0. The van der Waals surface area contributed by atoms with Crippen LogP contribution < -0.4 is 5.73 Å². The van der Waals surface area contributed by atoms with E-state index in [0.29, 0.717) is 23.7 Å². The standard InChI is InChI=1S/C14H13BrN2OS/c1-3-7-17(4-2)14(18)13-12(16)10-6-5-9(15)8-11(10)19-13/h1,5-6,8H,4,7,16H2,2H3. The summed E-state index contributed by atoms with van der Waals surface area (Å²) < 4.78 is 1.96. The van der Waals surface area contributed by atoms with Gasteiger partial charge in [0.2, 0.25) is 0 Å². The number of rotatable bonds is 3. The van der Waals surface area contributed by atoms with Crippen molar-refractivity contribution in [2.24, 2.45) is 0 Å². The average Bonchev–Trinajstić information content (AvgIpc) is 2.72. The number of benzene rings is 1. The van der Waals surface area contributed by atoms with Crippen LogP contribution in [0, 0.1) is 12.3 Å². The highest BCUT2D eigenvalue weighted by molar-refractivity contribution is 9.10. The van der Waals surface area contributed by atoms with E-state index in [0.717, 1.165) is 14.6 Å². The number of fused-ring (bicyclic) bond motifs is 1. The van der Waals surface area contributed by atoms with Crippen molar-refractivity contribution in [3.05, 3.63) is 27.5 Å². The molecule has 0 saturated heterocycles. The summed E-state index contributed by atoms with van der Waals surface area (Å²) in [6, 6.07) is 5.79. The van der Waals surface area contributed by atoms with E-state index >= 15 is 0 Å². The van der Waals surface area contributed by atoms with E-state index in [1.54, 1.807) is 4.90 Å². The molecule has 1 heterocycles. The van der Waals surface area contributed by atoms with Crippen LogP contribution in [0.2, 0.25) is 0 Å². The van der Waals surface area contributed by atoms with Gasteiger partial charge in [-0.2, -0.15) is 0 Å². The number of nitrogens with zero attached hydrogens (tertiary/aromatic N) is 1. The number of thiophene rings is 1. The first-order valence-electron chi connectivity index (χ1n) is 5.78. The zero-order valence-electron chi connectivity index (χ0n) is 10.4. The molecule has 5 heteroatoms. The lowest BCUT2D eigenvalue weighted by Crippen LogP contribution is -2.30. The number of hydrogen-bond acceptors (Lipinski definition) is 3. The molecule has 0 aliphatic heterocycles. The highest BCUT2D eigenvalue weighted by Gasteiger charge is 2.20.